The lowest BCUT2D eigenvalue weighted by molar-refractivity contribution is -0.143. The van der Waals surface area contributed by atoms with Gasteiger partial charge < -0.3 is 4.74 Å². The lowest BCUT2D eigenvalue weighted by Gasteiger charge is -2.24. The zero-order chi connectivity index (χ0) is 24.5. The van der Waals surface area contributed by atoms with E-state index >= 15 is 0 Å². The minimum atomic E-state index is -5.09. The van der Waals surface area contributed by atoms with Gasteiger partial charge in [0.2, 0.25) is 0 Å². The Morgan fingerprint density at radius 1 is 0.812 bits per heavy atom. The van der Waals surface area contributed by atoms with Gasteiger partial charge in [0.05, 0.1) is 30.3 Å². The van der Waals surface area contributed by atoms with Gasteiger partial charge in [-0.3, -0.25) is 4.90 Å². The SMILES string of the molecule is COC(=O)N(Cc1cc(C(F)(F)F)cc(C(F)(F)F)c1)Cc1cc(C(F)(F)F)ccc1I. The first-order valence-electron chi connectivity index (χ1n) is 8.49. The molecular weight excluding hydrogens is 572 g/mol. The lowest BCUT2D eigenvalue weighted by atomic mass is 10.0. The van der Waals surface area contributed by atoms with Crippen molar-refractivity contribution in [3.8, 4) is 0 Å². The summed E-state index contributed by atoms with van der Waals surface area (Å²) in [4.78, 5) is 12.8. The molecule has 176 valence electrons. The molecule has 0 unspecified atom stereocenters. The van der Waals surface area contributed by atoms with Crippen molar-refractivity contribution < 1.29 is 49.0 Å². The van der Waals surface area contributed by atoms with Gasteiger partial charge in [0.15, 0.2) is 0 Å². The Labute approximate surface area is 189 Å². The Balaban J connectivity index is 2.48. The molecule has 0 heterocycles. The molecule has 0 aliphatic rings. The van der Waals surface area contributed by atoms with Crippen molar-refractivity contribution in [1.29, 1.82) is 0 Å². The Morgan fingerprint density at radius 2 is 1.31 bits per heavy atom. The van der Waals surface area contributed by atoms with Gasteiger partial charge in [-0.2, -0.15) is 39.5 Å². The van der Waals surface area contributed by atoms with Crippen molar-refractivity contribution in [2.24, 2.45) is 0 Å². The van der Waals surface area contributed by atoms with Crippen LogP contribution in [0.3, 0.4) is 0 Å². The van der Waals surface area contributed by atoms with Crippen molar-refractivity contribution in [3.05, 3.63) is 67.8 Å². The van der Waals surface area contributed by atoms with Crippen LogP contribution in [0.15, 0.2) is 36.4 Å². The topological polar surface area (TPSA) is 29.5 Å². The van der Waals surface area contributed by atoms with E-state index in [-0.39, 0.29) is 11.6 Å². The fraction of sp³-hybridized carbons (Fsp3) is 0.316. The van der Waals surface area contributed by atoms with Gasteiger partial charge in [-0.15, -0.1) is 0 Å². The van der Waals surface area contributed by atoms with E-state index in [1.165, 1.54) is 0 Å². The molecule has 0 saturated carbocycles. The molecule has 0 saturated heterocycles. The summed E-state index contributed by atoms with van der Waals surface area (Å²) in [6, 6.07) is 3.47. The van der Waals surface area contributed by atoms with Crippen LogP contribution in [0.2, 0.25) is 0 Å². The highest BCUT2D eigenvalue weighted by Gasteiger charge is 2.37. The highest BCUT2D eigenvalue weighted by atomic mass is 127. The molecule has 0 radical (unpaired) electrons. The second kappa shape index (κ2) is 9.35. The molecule has 0 bridgehead atoms. The smallest absolute Gasteiger partial charge is 0.416 e. The first-order chi connectivity index (χ1) is 14.5. The van der Waals surface area contributed by atoms with E-state index < -0.39 is 60.0 Å². The maximum atomic E-state index is 13.1. The third-order valence-electron chi connectivity index (χ3n) is 4.19. The van der Waals surface area contributed by atoms with E-state index in [0.717, 1.165) is 25.3 Å². The standard InChI is InChI=1S/C19H13F9INO2/c1-32-16(31)30(9-11-6-12(17(20,21)22)2-3-15(11)29)8-10-4-13(18(23,24)25)7-14(5-10)19(26,27)28/h2-7H,8-9H2,1H3. The maximum Gasteiger partial charge on any atom is 0.416 e. The number of amides is 1. The number of methoxy groups -OCH3 is 1. The zero-order valence-electron chi connectivity index (χ0n) is 15.9. The van der Waals surface area contributed by atoms with Crippen molar-refractivity contribution in [3.63, 3.8) is 0 Å². The number of hydrogen-bond donors (Lipinski definition) is 0. The average molecular weight is 585 g/mol. The molecule has 0 aromatic heterocycles. The van der Waals surface area contributed by atoms with Gasteiger partial charge in [-0.1, -0.05) is 0 Å². The molecule has 2 aromatic rings. The number of alkyl halides is 9. The number of halogens is 10. The molecule has 13 heteroatoms. The van der Waals surface area contributed by atoms with Crippen LogP contribution in [-0.4, -0.2) is 18.1 Å². The van der Waals surface area contributed by atoms with E-state index in [1.807, 2.05) is 0 Å². The van der Waals surface area contributed by atoms with Gasteiger partial charge in [-0.25, -0.2) is 4.79 Å². The van der Waals surface area contributed by atoms with E-state index in [4.69, 9.17) is 0 Å². The van der Waals surface area contributed by atoms with Crippen molar-refractivity contribution >= 4 is 28.7 Å². The summed E-state index contributed by atoms with van der Waals surface area (Å²) in [5.74, 6) is 0. The lowest BCUT2D eigenvalue weighted by Crippen LogP contribution is -2.30. The van der Waals surface area contributed by atoms with Crippen molar-refractivity contribution in [2.75, 3.05) is 7.11 Å². The highest BCUT2D eigenvalue weighted by molar-refractivity contribution is 14.1. The molecule has 0 aliphatic heterocycles. The molecule has 0 aliphatic carbocycles. The largest absolute Gasteiger partial charge is 0.453 e. The molecule has 2 aromatic carbocycles. The normalized spacial score (nSPS) is 12.6. The van der Waals surface area contributed by atoms with Crippen LogP contribution in [-0.2, 0) is 36.4 Å². The van der Waals surface area contributed by atoms with Gasteiger partial charge in [-0.05, 0) is 70.1 Å². The van der Waals surface area contributed by atoms with Crippen LogP contribution in [0.1, 0.15) is 27.8 Å². The van der Waals surface area contributed by atoms with Crippen molar-refractivity contribution in [2.45, 2.75) is 31.6 Å². The number of hydrogen-bond acceptors (Lipinski definition) is 2. The first-order valence-corrected chi connectivity index (χ1v) is 9.57. The van der Waals surface area contributed by atoms with E-state index in [9.17, 15) is 44.3 Å². The zero-order valence-corrected chi connectivity index (χ0v) is 18.1. The first kappa shape index (κ1) is 26.1. The minimum absolute atomic E-state index is 0.0196. The fourth-order valence-electron chi connectivity index (χ4n) is 2.72. The average Bonchev–Trinajstić information content (AvgIpc) is 2.65. The minimum Gasteiger partial charge on any atom is -0.453 e. The summed E-state index contributed by atoms with van der Waals surface area (Å²) in [5.41, 5.74) is -4.74. The molecule has 3 nitrogen and oxygen atoms in total. The number of rotatable bonds is 4. The highest BCUT2D eigenvalue weighted by Crippen LogP contribution is 2.37. The van der Waals surface area contributed by atoms with Crippen LogP contribution in [0.25, 0.3) is 0 Å². The third-order valence-corrected chi connectivity index (χ3v) is 5.24. The number of ether oxygens (including phenoxy) is 1. The molecule has 0 fully saturated rings. The summed E-state index contributed by atoms with van der Waals surface area (Å²) in [7, 11) is 0.916. The molecule has 0 N–H and O–H groups in total. The third kappa shape index (κ3) is 6.65. The van der Waals surface area contributed by atoms with Crippen LogP contribution in [0.4, 0.5) is 44.3 Å². The molecule has 1 amide bonds. The van der Waals surface area contributed by atoms with Crippen LogP contribution < -0.4 is 0 Å². The Kier molecular flexibility index (Phi) is 7.62. The molecule has 0 atom stereocenters. The summed E-state index contributed by atoms with van der Waals surface area (Å²) in [6.07, 6.45) is -16.0. The molecule has 0 spiro atoms. The number of carbonyl (C=O) groups excluding carboxylic acids is 1. The van der Waals surface area contributed by atoms with Gasteiger partial charge in [0, 0.05) is 10.1 Å². The second-order valence-corrected chi connectivity index (χ2v) is 7.71. The second-order valence-electron chi connectivity index (χ2n) is 6.54. The predicted octanol–water partition coefficient (Wildman–Crippen LogP) is 7.12. The quantitative estimate of drug-likeness (QED) is 0.283. The predicted molar refractivity (Wildman–Crippen MR) is 102 cm³/mol. The monoisotopic (exact) mass is 585 g/mol. The maximum absolute atomic E-state index is 13.1. The molecule has 2 rings (SSSR count). The number of carbonyl (C=O) groups is 1. The van der Waals surface area contributed by atoms with E-state index in [1.54, 1.807) is 22.6 Å². The van der Waals surface area contributed by atoms with Crippen LogP contribution in [0, 0.1) is 3.57 Å². The fourth-order valence-corrected chi connectivity index (χ4v) is 3.23. The summed E-state index contributed by atoms with van der Waals surface area (Å²) < 4.78 is 122. The van der Waals surface area contributed by atoms with Gasteiger partial charge in [0.1, 0.15) is 0 Å². The summed E-state index contributed by atoms with van der Waals surface area (Å²) >= 11 is 1.69. The Morgan fingerprint density at radius 3 is 1.75 bits per heavy atom. The van der Waals surface area contributed by atoms with Crippen LogP contribution >= 0.6 is 22.6 Å². The number of benzene rings is 2. The van der Waals surface area contributed by atoms with Gasteiger partial charge >= 0.3 is 24.6 Å². The Bertz CT molecular complexity index is 952. The molecule has 32 heavy (non-hydrogen) atoms. The van der Waals surface area contributed by atoms with Gasteiger partial charge in [0.25, 0.3) is 0 Å². The van der Waals surface area contributed by atoms with E-state index in [2.05, 4.69) is 4.74 Å². The summed E-state index contributed by atoms with van der Waals surface area (Å²) in [6.45, 7) is -1.32. The van der Waals surface area contributed by atoms with Crippen molar-refractivity contribution in [1.82, 2.24) is 4.90 Å². The number of nitrogens with zero attached hydrogens (tertiary/aromatic N) is 1. The van der Waals surface area contributed by atoms with Crippen LogP contribution in [0.5, 0.6) is 0 Å². The molecular formula is C19H13F9INO2. The van der Waals surface area contributed by atoms with E-state index in [0.29, 0.717) is 20.6 Å². The summed E-state index contributed by atoms with van der Waals surface area (Å²) in [5, 5.41) is 0. The Hall–Kier alpha value is -2.19.